The molecule has 0 bridgehead atoms. The predicted molar refractivity (Wildman–Crippen MR) is 63.7 cm³/mol. The van der Waals surface area contributed by atoms with Crippen molar-refractivity contribution in [3.63, 3.8) is 0 Å². The van der Waals surface area contributed by atoms with Crippen molar-refractivity contribution in [3.05, 3.63) is 11.8 Å². The lowest BCUT2D eigenvalue weighted by atomic mass is 10.1. The Morgan fingerprint density at radius 1 is 1.32 bits per heavy atom. The van der Waals surface area contributed by atoms with Crippen LogP contribution in [0.2, 0.25) is 0 Å². The van der Waals surface area contributed by atoms with Crippen LogP contribution in [0.15, 0.2) is 11.8 Å². The summed E-state index contributed by atoms with van der Waals surface area (Å²) < 4.78 is 0. The van der Waals surface area contributed by atoms with Crippen molar-refractivity contribution in [2.45, 2.75) is 19.9 Å². The second-order valence-electron chi connectivity index (χ2n) is 3.97. The molecule has 1 atom stereocenters. The molecule has 4 N–H and O–H groups in total. The Morgan fingerprint density at radius 3 is 2.26 bits per heavy atom. The third-order valence-corrected chi connectivity index (χ3v) is 2.11. The number of nitriles is 1. The normalized spacial score (nSPS) is 12.4. The second-order valence-corrected chi connectivity index (χ2v) is 3.97. The lowest BCUT2D eigenvalue weighted by Crippen LogP contribution is -2.39. The Balaban J connectivity index is 4.72. The summed E-state index contributed by atoms with van der Waals surface area (Å²) in [5, 5.41) is 30.4. The molecule has 0 aromatic rings. The highest BCUT2D eigenvalue weighted by atomic mass is 16.4. The molecule has 104 valence electrons. The van der Waals surface area contributed by atoms with Gasteiger partial charge in [-0.2, -0.15) is 5.26 Å². The smallest absolute Gasteiger partial charge is 0.326 e. The summed E-state index contributed by atoms with van der Waals surface area (Å²) in [6.45, 7) is 2.71. The number of amides is 1. The standard InChI is InChI=1S/C11H15N3O5/c1-6(2)9(11(18)19)13-4-7(3-12)10(17)14-5-8(15)16/h4,6,9,13H,5H2,1-2H3,(H,14,17)(H,15,16)(H,18,19)/b7-4-. The van der Waals surface area contributed by atoms with E-state index in [1.165, 1.54) is 0 Å². The third kappa shape index (κ3) is 6.07. The highest BCUT2D eigenvalue weighted by molar-refractivity contribution is 5.98. The molecule has 1 amide bonds. The maximum Gasteiger partial charge on any atom is 0.326 e. The molecule has 0 heterocycles. The topological polar surface area (TPSA) is 140 Å². The number of carboxylic acid groups (broad SMARTS) is 2. The van der Waals surface area contributed by atoms with Gasteiger partial charge in [-0.05, 0) is 5.92 Å². The van der Waals surface area contributed by atoms with E-state index >= 15 is 0 Å². The summed E-state index contributed by atoms with van der Waals surface area (Å²) in [6.07, 6.45) is 0.968. The Kier molecular flexibility index (Phi) is 6.67. The number of nitrogens with one attached hydrogen (secondary N) is 2. The molecule has 19 heavy (non-hydrogen) atoms. The molecule has 8 nitrogen and oxygen atoms in total. The first-order valence-corrected chi connectivity index (χ1v) is 5.38. The van der Waals surface area contributed by atoms with Crippen LogP contribution in [0.25, 0.3) is 0 Å². The summed E-state index contributed by atoms with van der Waals surface area (Å²) in [5.74, 6) is -3.50. The highest BCUT2D eigenvalue weighted by Gasteiger charge is 2.20. The van der Waals surface area contributed by atoms with E-state index in [0.717, 1.165) is 6.20 Å². The zero-order chi connectivity index (χ0) is 15.0. The zero-order valence-electron chi connectivity index (χ0n) is 10.5. The van der Waals surface area contributed by atoms with Gasteiger partial charge in [0.1, 0.15) is 24.2 Å². The Labute approximate surface area is 109 Å². The van der Waals surface area contributed by atoms with Crippen molar-refractivity contribution in [2.75, 3.05) is 6.54 Å². The van der Waals surface area contributed by atoms with Crippen molar-refractivity contribution >= 4 is 17.8 Å². The lowest BCUT2D eigenvalue weighted by molar-refractivity contribution is -0.140. The fourth-order valence-electron chi connectivity index (χ4n) is 1.12. The summed E-state index contributed by atoms with van der Waals surface area (Å²) in [7, 11) is 0. The summed E-state index contributed by atoms with van der Waals surface area (Å²) in [4.78, 5) is 32.5. The Hall–Kier alpha value is -2.56. The fraction of sp³-hybridized carbons (Fsp3) is 0.455. The quantitative estimate of drug-likeness (QED) is 0.353. The summed E-state index contributed by atoms with van der Waals surface area (Å²) >= 11 is 0. The van der Waals surface area contributed by atoms with Crippen LogP contribution in [0.1, 0.15) is 13.8 Å². The van der Waals surface area contributed by atoms with Crippen LogP contribution in [0.5, 0.6) is 0 Å². The summed E-state index contributed by atoms with van der Waals surface area (Å²) in [6, 6.07) is 0.611. The van der Waals surface area contributed by atoms with Crippen LogP contribution in [0.3, 0.4) is 0 Å². The van der Waals surface area contributed by atoms with Gasteiger partial charge in [0.2, 0.25) is 0 Å². The van der Waals surface area contributed by atoms with E-state index in [-0.39, 0.29) is 5.92 Å². The first kappa shape index (κ1) is 16.4. The minimum absolute atomic E-state index is 0.254. The molecular weight excluding hydrogens is 254 g/mol. The number of carboxylic acids is 2. The number of hydrogen-bond acceptors (Lipinski definition) is 5. The van der Waals surface area contributed by atoms with E-state index in [9.17, 15) is 14.4 Å². The van der Waals surface area contributed by atoms with Crippen molar-refractivity contribution in [1.82, 2.24) is 10.6 Å². The van der Waals surface area contributed by atoms with Gasteiger partial charge in [-0.25, -0.2) is 4.79 Å². The molecule has 0 rings (SSSR count). The second kappa shape index (κ2) is 7.71. The van der Waals surface area contributed by atoms with Crippen molar-refractivity contribution in [3.8, 4) is 6.07 Å². The van der Waals surface area contributed by atoms with Crippen LogP contribution < -0.4 is 10.6 Å². The molecule has 0 aromatic carbocycles. The van der Waals surface area contributed by atoms with Gasteiger partial charge in [0.15, 0.2) is 0 Å². The van der Waals surface area contributed by atoms with Crippen molar-refractivity contribution in [2.24, 2.45) is 5.92 Å². The van der Waals surface area contributed by atoms with Gasteiger partial charge in [-0.15, -0.1) is 0 Å². The Morgan fingerprint density at radius 2 is 1.89 bits per heavy atom. The van der Waals surface area contributed by atoms with Gasteiger partial charge in [-0.1, -0.05) is 13.8 Å². The Bertz CT molecular complexity index is 436. The van der Waals surface area contributed by atoms with Crippen LogP contribution in [-0.2, 0) is 14.4 Å². The fourth-order valence-corrected chi connectivity index (χ4v) is 1.12. The largest absolute Gasteiger partial charge is 0.480 e. The van der Waals surface area contributed by atoms with Crippen molar-refractivity contribution in [1.29, 1.82) is 5.26 Å². The highest BCUT2D eigenvalue weighted by Crippen LogP contribution is 2.02. The van der Waals surface area contributed by atoms with Crippen LogP contribution in [0.4, 0.5) is 0 Å². The molecule has 8 heteroatoms. The van der Waals surface area contributed by atoms with E-state index in [0.29, 0.717) is 0 Å². The van der Waals surface area contributed by atoms with E-state index < -0.39 is 36.0 Å². The van der Waals surface area contributed by atoms with Crippen LogP contribution in [-0.4, -0.2) is 40.6 Å². The van der Waals surface area contributed by atoms with Gasteiger partial charge >= 0.3 is 11.9 Å². The van der Waals surface area contributed by atoms with E-state index in [1.807, 2.05) is 5.32 Å². The maximum absolute atomic E-state index is 11.4. The molecule has 0 saturated carbocycles. The SMILES string of the molecule is CC(C)C(N/C=C(/C#N)C(=O)NCC(=O)O)C(=O)O. The molecular formula is C11H15N3O5. The molecule has 0 fully saturated rings. The minimum Gasteiger partial charge on any atom is -0.480 e. The van der Waals surface area contributed by atoms with Gasteiger partial charge < -0.3 is 20.8 Å². The van der Waals surface area contributed by atoms with Crippen LogP contribution >= 0.6 is 0 Å². The number of aliphatic carboxylic acids is 2. The van der Waals surface area contributed by atoms with E-state index in [4.69, 9.17) is 15.5 Å². The molecule has 1 unspecified atom stereocenters. The van der Waals surface area contributed by atoms with Crippen LogP contribution in [0, 0.1) is 17.2 Å². The molecule has 0 aromatic heterocycles. The van der Waals surface area contributed by atoms with Gasteiger partial charge in [0.05, 0.1) is 0 Å². The monoisotopic (exact) mass is 269 g/mol. The van der Waals surface area contributed by atoms with Gasteiger partial charge in [0, 0.05) is 6.20 Å². The van der Waals surface area contributed by atoms with Crippen molar-refractivity contribution < 1.29 is 24.6 Å². The number of hydrogen-bond donors (Lipinski definition) is 4. The maximum atomic E-state index is 11.4. The number of rotatable bonds is 7. The average Bonchev–Trinajstić information content (AvgIpc) is 2.30. The number of carbonyl (C=O) groups is 3. The summed E-state index contributed by atoms with van der Waals surface area (Å²) in [5.41, 5.74) is -0.395. The van der Waals surface area contributed by atoms with E-state index in [1.54, 1.807) is 19.9 Å². The molecule has 0 aliphatic heterocycles. The molecule has 0 aliphatic carbocycles. The molecule has 0 aliphatic rings. The molecule has 0 saturated heterocycles. The van der Waals surface area contributed by atoms with Gasteiger partial charge in [0.25, 0.3) is 5.91 Å². The number of carbonyl (C=O) groups excluding carboxylic acids is 1. The average molecular weight is 269 g/mol. The van der Waals surface area contributed by atoms with E-state index in [2.05, 4.69) is 5.32 Å². The minimum atomic E-state index is -1.25. The molecule has 0 spiro atoms. The first-order valence-electron chi connectivity index (χ1n) is 5.38. The third-order valence-electron chi connectivity index (χ3n) is 2.11. The lowest BCUT2D eigenvalue weighted by Gasteiger charge is -2.16. The zero-order valence-corrected chi connectivity index (χ0v) is 10.5. The predicted octanol–water partition coefficient (Wildman–Crippen LogP) is -0.707. The number of nitrogens with zero attached hydrogens (tertiary/aromatic N) is 1. The van der Waals surface area contributed by atoms with Gasteiger partial charge in [-0.3, -0.25) is 9.59 Å². The first-order chi connectivity index (χ1) is 8.79. The molecule has 0 radical (unpaired) electrons.